The van der Waals surface area contributed by atoms with Crippen molar-refractivity contribution in [3.8, 4) is 67.5 Å². The van der Waals surface area contributed by atoms with Crippen LogP contribution in [0.3, 0.4) is 0 Å². The molecule has 0 N–H and O–H groups in total. The average Bonchev–Trinajstić information content (AvgIpc) is 3.47. The maximum atomic E-state index is 5.02. The lowest BCUT2D eigenvalue weighted by Crippen LogP contribution is -2.01. The highest BCUT2D eigenvalue weighted by Gasteiger charge is 2.24. The summed E-state index contributed by atoms with van der Waals surface area (Å²) in [5.41, 5.74) is 13.0. The van der Waals surface area contributed by atoms with Gasteiger partial charge in [-0.3, -0.25) is 0 Å². The van der Waals surface area contributed by atoms with E-state index in [2.05, 4.69) is 91.0 Å². The van der Waals surface area contributed by atoms with Crippen molar-refractivity contribution in [1.29, 1.82) is 0 Å². The standard InChI is InChI=1S/C40H27N3.CH4/c1-4-11-27(12-5-1)28-19-21-29(22-20-28)32-23-24-33-26-37-34(36(33)25-32)17-10-18-35(37)40-42-38(30-13-6-2-7-14-30)41-39(43-40)31-15-8-3-9-16-31;/h1-25H,26H2;1H4. The van der Waals surface area contributed by atoms with Gasteiger partial charge in [-0.25, -0.2) is 15.0 Å². The number of benzene rings is 6. The number of nitrogens with zero attached hydrogens (tertiary/aromatic N) is 3. The minimum absolute atomic E-state index is 0. The lowest BCUT2D eigenvalue weighted by molar-refractivity contribution is 1.07. The Hall–Kier alpha value is -5.67. The fraction of sp³-hybridized carbons (Fsp3) is 0.0488. The van der Waals surface area contributed by atoms with Gasteiger partial charge in [0.1, 0.15) is 0 Å². The summed E-state index contributed by atoms with van der Waals surface area (Å²) >= 11 is 0. The summed E-state index contributed by atoms with van der Waals surface area (Å²) in [5.74, 6) is 2.06. The van der Waals surface area contributed by atoms with Gasteiger partial charge in [-0.15, -0.1) is 0 Å². The minimum atomic E-state index is 0. The zero-order valence-electron chi connectivity index (χ0n) is 23.5. The molecule has 0 radical (unpaired) electrons. The van der Waals surface area contributed by atoms with Crippen LogP contribution in [-0.2, 0) is 6.42 Å². The second-order valence-corrected chi connectivity index (χ2v) is 10.9. The molecule has 8 rings (SSSR count). The van der Waals surface area contributed by atoms with E-state index in [1.54, 1.807) is 0 Å². The highest BCUT2D eigenvalue weighted by molar-refractivity contribution is 5.86. The van der Waals surface area contributed by atoms with Gasteiger partial charge in [0, 0.05) is 16.7 Å². The lowest BCUT2D eigenvalue weighted by Gasteiger charge is -2.11. The zero-order valence-corrected chi connectivity index (χ0v) is 23.5. The minimum Gasteiger partial charge on any atom is -0.208 e. The number of fused-ring (bicyclic) bond motifs is 3. The maximum absolute atomic E-state index is 5.02. The van der Waals surface area contributed by atoms with E-state index in [-0.39, 0.29) is 7.43 Å². The SMILES string of the molecule is C.c1ccc(-c2ccc(-c3ccc4c(c3)-c3cccc(-c5nc(-c6ccccc6)nc(-c6ccccc6)n5)c3C4)cc2)cc1. The molecule has 0 saturated carbocycles. The first-order valence-corrected chi connectivity index (χ1v) is 14.6. The molecule has 44 heavy (non-hydrogen) atoms. The fourth-order valence-electron chi connectivity index (χ4n) is 6.01. The van der Waals surface area contributed by atoms with E-state index in [9.17, 15) is 0 Å². The summed E-state index contributed by atoms with van der Waals surface area (Å²) in [6.45, 7) is 0. The zero-order chi connectivity index (χ0) is 28.6. The number of hydrogen-bond donors (Lipinski definition) is 0. The van der Waals surface area contributed by atoms with Gasteiger partial charge >= 0.3 is 0 Å². The summed E-state index contributed by atoms with van der Waals surface area (Å²) in [6, 6.07) is 53.0. The third-order valence-electron chi connectivity index (χ3n) is 8.21. The summed E-state index contributed by atoms with van der Waals surface area (Å²) in [6.07, 6.45) is 0.848. The Bertz CT molecular complexity index is 2010. The molecule has 0 spiro atoms. The fourth-order valence-corrected chi connectivity index (χ4v) is 6.01. The molecule has 7 aromatic rings. The Labute approximate surface area is 258 Å². The van der Waals surface area contributed by atoms with E-state index in [1.807, 2.05) is 60.7 Å². The number of aromatic nitrogens is 3. The van der Waals surface area contributed by atoms with Crippen molar-refractivity contribution >= 4 is 0 Å². The van der Waals surface area contributed by atoms with Gasteiger partial charge in [-0.2, -0.15) is 0 Å². The molecule has 0 atom stereocenters. The van der Waals surface area contributed by atoms with Gasteiger partial charge in [-0.1, -0.05) is 153 Å². The molecule has 3 heteroatoms. The molecular weight excluding hydrogens is 534 g/mol. The smallest absolute Gasteiger partial charge is 0.164 e. The van der Waals surface area contributed by atoms with E-state index in [4.69, 9.17) is 15.0 Å². The molecule has 1 aliphatic rings. The third-order valence-corrected chi connectivity index (χ3v) is 8.21. The van der Waals surface area contributed by atoms with Crippen LogP contribution in [-0.4, -0.2) is 15.0 Å². The first kappa shape index (κ1) is 27.2. The predicted octanol–water partition coefficient (Wildman–Crippen LogP) is 10.4. The van der Waals surface area contributed by atoms with Crippen LogP contribution in [0.15, 0.2) is 152 Å². The molecule has 0 fully saturated rings. The van der Waals surface area contributed by atoms with Crippen LogP contribution in [0.5, 0.6) is 0 Å². The van der Waals surface area contributed by atoms with Crippen LogP contribution in [0.1, 0.15) is 18.6 Å². The maximum Gasteiger partial charge on any atom is 0.164 e. The Morgan fingerprint density at radius 1 is 0.341 bits per heavy atom. The summed E-state index contributed by atoms with van der Waals surface area (Å²) in [7, 11) is 0. The molecule has 0 saturated heterocycles. The van der Waals surface area contributed by atoms with E-state index < -0.39 is 0 Å². The molecule has 3 nitrogen and oxygen atoms in total. The molecule has 1 aromatic heterocycles. The van der Waals surface area contributed by atoms with E-state index in [0.29, 0.717) is 17.5 Å². The van der Waals surface area contributed by atoms with Gasteiger partial charge in [0.05, 0.1) is 0 Å². The predicted molar refractivity (Wildman–Crippen MR) is 182 cm³/mol. The van der Waals surface area contributed by atoms with E-state index in [1.165, 1.54) is 44.5 Å². The van der Waals surface area contributed by atoms with Crippen molar-refractivity contribution in [1.82, 2.24) is 15.0 Å². The van der Waals surface area contributed by atoms with Crippen LogP contribution in [0.4, 0.5) is 0 Å². The summed E-state index contributed by atoms with van der Waals surface area (Å²) < 4.78 is 0. The highest BCUT2D eigenvalue weighted by atomic mass is 15.0. The molecule has 1 aliphatic carbocycles. The van der Waals surface area contributed by atoms with Crippen molar-refractivity contribution in [2.24, 2.45) is 0 Å². The molecular formula is C41H31N3. The number of rotatable bonds is 5. The monoisotopic (exact) mass is 565 g/mol. The molecule has 0 unspecified atom stereocenters. The molecule has 0 aliphatic heterocycles. The van der Waals surface area contributed by atoms with Gasteiger partial charge in [-0.05, 0) is 57.0 Å². The second kappa shape index (κ2) is 11.5. The van der Waals surface area contributed by atoms with Crippen LogP contribution >= 0.6 is 0 Å². The van der Waals surface area contributed by atoms with Crippen LogP contribution in [0, 0.1) is 0 Å². The average molecular weight is 566 g/mol. The molecule has 0 amide bonds. The van der Waals surface area contributed by atoms with Crippen LogP contribution < -0.4 is 0 Å². The lowest BCUT2D eigenvalue weighted by atomic mass is 9.96. The van der Waals surface area contributed by atoms with Crippen molar-refractivity contribution in [3.63, 3.8) is 0 Å². The van der Waals surface area contributed by atoms with E-state index >= 15 is 0 Å². The molecule has 1 heterocycles. The quantitative estimate of drug-likeness (QED) is 0.208. The topological polar surface area (TPSA) is 38.7 Å². The Kier molecular flexibility index (Phi) is 7.13. The van der Waals surface area contributed by atoms with Gasteiger partial charge in [0.15, 0.2) is 17.5 Å². The third kappa shape index (κ3) is 4.99. The first-order chi connectivity index (χ1) is 21.3. The van der Waals surface area contributed by atoms with Gasteiger partial charge < -0.3 is 0 Å². The molecule has 0 bridgehead atoms. The first-order valence-electron chi connectivity index (χ1n) is 14.6. The van der Waals surface area contributed by atoms with Gasteiger partial charge in [0.2, 0.25) is 0 Å². The van der Waals surface area contributed by atoms with Crippen molar-refractivity contribution in [3.05, 3.63) is 163 Å². The normalized spacial score (nSPS) is 11.4. The van der Waals surface area contributed by atoms with Crippen molar-refractivity contribution in [2.45, 2.75) is 13.8 Å². The van der Waals surface area contributed by atoms with Crippen LogP contribution in [0.25, 0.3) is 67.5 Å². The summed E-state index contributed by atoms with van der Waals surface area (Å²) in [4.78, 5) is 14.9. The highest BCUT2D eigenvalue weighted by Crippen LogP contribution is 2.43. The van der Waals surface area contributed by atoms with Crippen molar-refractivity contribution in [2.75, 3.05) is 0 Å². The number of hydrogen-bond acceptors (Lipinski definition) is 3. The second-order valence-electron chi connectivity index (χ2n) is 10.9. The largest absolute Gasteiger partial charge is 0.208 e. The molecule has 210 valence electrons. The Morgan fingerprint density at radius 3 is 1.39 bits per heavy atom. The van der Waals surface area contributed by atoms with Gasteiger partial charge in [0.25, 0.3) is 0 Å². The van der Waals surface area contributed by atoms with Crippen molar-refractivity contribution < 1.29 is 0 Å². The Balaban J connectivity index is 0.00000312. The Morgan fingerprint density at radius 2 is 0.795 bits per heavy atom. The van der Waals surface area contributed by atoms with E-state index in [0.717, 1.165) is 23.1 Å². The molecule has 6 aromatic carbocycles. The summed E-state index contributed by atoms with van der Waals surface area (Å²) in [5, 5.41) is 0. The van der Waals surface area contributed by atoms with Crippen LogP contribution in [0.2, 0.25) is 0 Å².